The van der Waals surface area contributed by atoms with Crippen molar-refractivity contribution in [2.75, 3.05) is 51.9 Å². The summed E-state index contributed by atoms with van der Waals surface area (Å²) >= 11 is 0. The molecule has 0 radical (unpaired) electrons. The van der Waals surface area contributed by atoms with Gasteiger partial charge in [-0.05, 0) is 24.3 Å². The lowest BCUT2D eigenvalue weighted by molar-refractivity contribution is 0.0290. The molecule has 1 aromatic rings. The summed E-state index contributed by atoms with van der Waals surface area (Å²) < 4.78 is 15.4. The maximum Gasteiger partial charge on any atom is 0.411 e. The summed E-state index contributed by atoms with van der Waals surface area (Å²) in [5, 5.41) is 2.67. The molecule has 21 heavy (non-hydrogen) atoms. The van der Waals surface area contributed by atoms with Crippen molar-refractivity contribution in [2.45, 2.75) is 0 Å². The van der Waals surface area contributed by atoms with E-state index >= 15 is 0 Å². The molecule has 0 spiro atoms. The predicted octanol–water partition coefficient (Wildman–Crippen LogP) is 2.00. The van der Waals surface area contributed by atoms with Crippen LogP contribution in [0.4, 0.5) is 10.5 Å². The van der Waals surface area contributed by atoms with Crippen LogP contribution >= 0.6 is 12.4 Å². The SMILES string of the molecule is COc1ccc(NC(=O)OCCN2CCOCC2)cc1.Cl. The Labute approximate surface area is 130 Å². The summed E-state index contributed by atoms with van der Waals surface area (Å²) in [4.78, 5) is 13.8. The number of nitrogens with zero attached hydrogens (tertiary/aromatic N) is 1. The molecule has 1 heterocycles. The minimum absolute atomic E-state index is 0. The van der Waals surface area contributed by atoms with Crippen LogP contribution in [0.1, 0.15) is 0 Å². The second kappa shape index (κ2) is 9.44. The summed E-state index contributed by atoms with van der Waals surface area (Å²) in [6, 6.07) is 7.09. The van der Waals surface area contributed by atoms with Crippen molar-refractivity contribution >= 4 is 24.2 Å². The number of hydrogen-bond donors (Lipinski definition) is 1. The standard InChI is InChI=1S/C14H20N2O4.ClH/c1-18-13-4-2-12(3-5-13)15-14(17)20-11-8-16-6-9-19-10-7-16;/h2-5H,6-11H2,1H3,(H,15,17);1H. The smallest absolute Gasteiger partial charge is 0.411 e. The molecule has 0 bridgehead atoms. The first-order valence-electron chi connectivity index (χ1n) is 6.66. The number of carbonyl (C=O) groups excluding carboxylic acids is 1. The molecule has 2 rings (SSSR count). The topological polar surface area (TPSA) is 60.0 Å². The summed E-state index contributed by atoms with van der Waals surface area (Å²) in [6.45, 7) is 4.39. The van der Waals surface area contributed by atoms with Crippen molar-refractivity contribution in [3.63, 3.8) is 0 Å². The molecule has 118 valence electrons. The minimum Gasteiger partial charge on any atom is -0.497 e. The number of ether oxygens (including phenoxy) is 3. The highest BCUT2D eigenvalue weighted by Gasteiger charge is 2.11. The lowest BCUT2D eigenvalue weighted by Gasteiger charge is -2.26. The molecule has 0 aliphatic carbocycles. The van der Waals surface area contributed by atoms with Gasteiger partial charge in [-0.25, -0.2) is 4.79 Å². The van der Waals surface area contributed by atoms with Gasteiger partial charge in [0, 0.05) is 25.3 Å². The minimum atomic E-state index is -0.441. The number of carbonyl (C=O) groups is 1. The van der Waals surface area contributed by atoms with E-state index in [1.54, 1.807) is 31.4 Å². The van der Waals surface area contributed by atoms with Gasteiger partial charge >= 0.3 is 6.09 Å². The number of halogens is 1. The number of hydrogen-bond acceptors (Lipinski definition) is 5. The van der Waals surface area contributed by atoms with Crippen LogP contribution in [0.2, 0.25) is 0 Å². The van der Waals surface area contributed by atoms with Crippen LogP contribution < -0.4 is 10.1 Å². The molecular formula is C14H21ClN2O4. The first-order valence-corrected chi connectivity index (χ1v) is 6.66. The lowest BCUT2D eigenvalue weighted by Crippen LogP contribution is -2.38. The van der Waals surface area contributed by atoms with E-state index in [-0.39, 0.29) is 12.4 Å². The molecule has 6 nitrogen and oxygen atoms in total. The van der Waals surface area contributed by atoms with E-state index < -0.39 is 6.09 Å². The van der Waals surface area contributed by atoms with Crippen molar-refractivity contribution in [3.05, 3.63) is 24.3 Å². The number of benzene rings is 1. The normalized spacial score (nSPS) is 14.9. The van der Waals surface area contributed by atoms with Crippen molar-refractivity contribution in [2.24, 2.45) is 0 Å². The number of nitrogens with one attached hydrogen (secondary N) is 1. The molecule has 0 saturated carbocycles. The van der Waals surface area contributed by atoms with Crippen LogP contribution in [-0.4, -0.2) is 57.6 Å². The average Bonchev–Trinajstić information content (AvgIpc) is 2.49. The Kier molecular flexibility index (Phi) is 7.89. The molecule has 1 aliphatic rings. The van der Waals surface area contributed by atoms with Crippen molar-refractivity contribution < 1.29 is 19.0 Å². The molecule has 7 heteroatoms. The Hall–Kier alpha value is -1.50. The number of methoxy groups -OCH3 is 1. The molecule has 1 aliphatic heterocycles. The van der Waals surface area contributed by atoms with Gasteiger partial charge in [0.05, 0.1) is 20.3 Å². The summed E-state index contributed by atoms with van der Waals surface area (Å²) in [5.74, 6) is 0.747. The monoisotopic (exact) mass is 316 g/mol. The maximum atomic E-state index is 11.6. The van der Waals surface area contributed by atoms with Crippen LogP contribution in [0.25, 0.3) is 0 Å². The Bertz CT molecular complexity index is 421. The third-order valence-corrected chi connectivity index (χ3v) is 3.08. The largest absolute Gasteiger partial charge is 0.497 e. The van der Waals surface area contributed by atoms with Gasteiger partial charge in [-0.15, -0.1) is 12.4 Å². The van der Waals surface area contributed by atoms with Gasteiger partial charge in [-0.3, -0.25) is 10.2 Å². The Morgan fingerprint density at radius 1 is 1.29 bits per heavy atom. The van der Waals surface area contributed by atoms with E-state index in [2.05, 4.69) is 10.2 Å². The van der Waals surface area contributed by atoms with Gasteiger partial charge in [-0.2, -0.15) is 0 Å². The second-order valence-electron chi connectivity index (χ2n) is 4.44. The van der Waals surface area contributed by atoms with Gasteiger partial charge in [0.2, 0.25) is 0 Å². The molecule has 1 fully saturated rings. The van der Waals surface area contributed by atoms with Crippen LogP contribution in [0.15, 0.2) is 24.3 Å². The van der Waals surface area contributed by atoms with Gasteiger partial charge in [-0.1, -0.05) is 0 Å². The lowest BCUT2D eigenvalue weighted by atomic mass is 10.3. The van der Waals surface area contributed by atoms with Gasteiger partial charge in [0.25, 0.3) is 0 Å². The van der Waals surface area contributed by atoms with Crippen molar-refractivity contribution in [1.29, 1.82) is 0 Å². The highest BCUT2D eigenvalue weighted by atomic mass is 35.5. The highest BCUT2D eigenvalue weighted by Crippen LogP contribution is 2.15. The van der Waals surface area contributed by atoms with E-state index in [1.807, 2.05) is 0 Å². The highest BCUT2D eigenvalue weighted by molar-refractivity contribution is 5.85. The fourth-order valence-corrected chi connectivity index (χ4v) is 1.92. The van der Waals surface area contributed by atoms with Gasteiger partial charge in [0.1, 0.15) is 12.4 Å². The molecule has 0 aromatic heterocycles. The Balaban J connectivity index is 0.00000220. The third-order valence-electron chi connectivity index (χ3n) is 3.08. The summed E-state index contributed by atoms with van der Waals surface area (Å²) in [7, 11) is 1.60. The number of amides is 1. The Morgan fingerprint density at radius 3 is 2.57 bits per heavy atom. The van der Waals surface area contributed by atoms with E-state index in [0.29, 0.717) is 12.3 Å². The molecule has 1 saturated heterocycles. The van der Waals surface area contributed by atoms with Crippen molar-refractivity contribution in [1.82, 2.24) is 4.90 Å². The molecule has 1 aromatic carbocycles. The predicted molar refractivity (Wildman–Crippen MR) is 82.5 cm³/mol. The van der Waals surface area contributed by atoms with E-state index in [1.165, 1.54) is 0 Å². The first-order chi connectivity index (χ1) is 9.78. The molecule has 0 atom stereocenters. The number of rotatable bonds is 5. The zero-order valence-electron chi connectivity index (χ0n) is 12.0. The van der Waals surface area contributed by atoms with E-state index in [0.717, 1.165) is 38.6 Å². The van der Waals surface area contributed by atoms with Crippen LogP contribution in [0.3, 0.4) is 0 Å². The zero-order chi connectivity index (χ0) is 14.2. The second-order valence-corrected chi connectivity index (χ2v) is 4.44. The Morgan fingerprint density at radius 2 is 1.95 bits per heavy atom. The molecular weight excluding hydrogens is 296 g/mol. The van der Waals surface area contributed by atoms with Crippen molar-refractivity contribution in [3.8, 4) is 5.75 Å². The summed E-state index contributed by atoms with van der Waals surface area (Å²) in [5.41, 5.74) is 0.683. The summed E-state index contributed by atoms with van der Waals surface area (Å²) in [6.07, 6.45) is -0.441. The molecule has 0 unspecified atom stereocenters. The average molecular weight is 317 g/mol. The van der Waals surface area contributed by atoms with Gasteiger partial charge < -0.3 is 14.2 Å². The molecule has 1 amide bonds. The number of anilines is 1. The van der Waals surface area contributed by atoms with E-state index in [9.17, 15) is 4.79 Å². The third kappa shape index (κ3) is 6.20. The van der Waals surface area contributed by atoms with Gasteiger partial charge in [0.15, 0.2) is 0 Å². The number of morpholine rings is 1. The zero-order valence-corrected chi connectivity index (χ0v) is 12.9. The van der Waals surface area contributed by atoms with Crippen LogP contribution in [0.5, 0.6) is 5.75 Å². The molecule has 1 N–H and O–H groups in total. The first kappa shape index (κ1) is 17.6. The van der Waals surface area contributed by atoms with Crippen LogP contribution in [-0.2, 0) is 9.47 Å². The fraction of sp³-hybridized carbons (Fsp3) is 0.500. The van der Waals surface area contributed by atoms with Crippen LogP contribution in [0, 0.1) is 0 Å². The van der Waals surface area contributed by atoms with E-state index in [4.69, 9.17) is 14.2 Å². The quantitative estimate of drug-likeness (QED) is 0.900. The maximum absolute atomic E-state index is 11.6. The fourth-order valence-electron chi connectivity index (χ4n) is 1.92.